The molecule has 0 bridgehead atoms. The number of aryl methyl sites for hydroxylation is 1. The molecule has 2 aromatic rings. The molecule has 0 saturated heterocycles. The first-order chi connectivity index (χ1) is 14.2. The highest BCUT2D eigenvalue weighted by Gasteiger charge is 2.22. The standard InChI is InChI=1S/C20H24ClN3O5S/c1-11-12(2)30-19(18(11)20(27)29-5)23-17(26)10-24(3)9-16(25)22-14-8-13(21)6-7-15(14)28-4/h6-8H,9-10H2,1-5H3,(H,22,25)(H,23,26). The van der Waals surface area contributed by atoms with Crippen LogP contribution < -0.4 is 15.4 Å². The Morgan fingerprint density at radius 1 is 1.10 bits per heavy atom. The van der Waals surface area contributed by atoms with Gasteiger partial charge in [0, 0.05) is 9.90 Å². The van der Waals surface area contributed by atoms with Crippen LogP contribution in [0.1, 0.15) is 20.8 Å². The number of methoxy groups -OCH3 is 2. The summed E-state index contributed by atoms with van der Waals surface area (Å²) in [6.45, 7) is 3.59. The lowest BCUT2D eigenvalue weighted by Crippen LogP contribution is -2.36. The fourth-order valence-corrected chi connectivity index (χ4v) is 3.98. The Hall–Kier alpha value is -2.62. The van der Waals surface area contributed by atoms with Crippen molar-refractivity contribution >= 4 is 51.4 Å². The molecular formula is C20H24ClN3O5S. The van der Waals surface area contributed by atoms with Gasteiger partial charge in [0.15, 0.2) is 0 Å². The number of hydrogen-bond acceptors (Lipinski definition) is 7. The maximum atomic E-state index is 12.4. The minimum atomic E-state index is -0.504. The zero-order chi connectivity index (χ0) is 22.4. The smallest absolute Gasteiger partial charge is 0.341 e. The van der Waals surface area contributed by atoms with E-state index in [-0.39, 0.29) is 24.9 Å². The van der Waals surface area contributed by atoms with Crippen molar-refractivity contribution in [3.63, 3.8) is 0 Å². The summed E-state index contributed by atoms with van der Waals surface area (Å²) in [5.74, 6) is -0.705. The Bertz CT molecular complexity index is 960. The molecule has 2 amide bonds. The van der Waals surface area contributed by atoms with E-state index in [1.165, 1.54) is 25.6 Å². The average molecular weight is 454 g/mol. The van der Waals surface area contributed by atoms with Crippen molar-refractivity contribution < 1.29 is 23.9 Å². The second kappa shape index (κ2) is 10.4. The van der Waals surface area contributed by atoms with Crippen LogP contribution in [0.3, 0.4) is 0 Å². The van der Waals surface area contributed by atoms with Crippen LogP contribution in [0.4, 0.5) is 10.7 Å². The van der Waals surface area contributed by atoms with Crippen molar-refractivity contribution in [3.8, 4) is 5.75 Å². The van der Waals surface area contributed by atoms with Crippen LogP contribution in [0.5, 0.6) is 5.75 Å². The van der Waals surface area contributed by atoms with Crippen molar-refractivity contribution in [2.45, 2.75) is 13.8 Å². The Morgan fingerprint density at radius 2 is 1.73 bits per heavy atom. The molecule has 1 aromatic carbocycles. The molecule has 10 heteroatoms. The van der Waals surface area contributed by atoms with Gasteiger partial charge in [0.1, 0.15) is 10.8 Å². The van der Waals surface area contributed by atoms with Crippen LogP contribution in [-0.2, 0) is 14.3 Å². The molecule has 0 saturated carbocycles. The first-order valence-electron chi connectivity index (χ1n) is 8.96. The van der Waals surface area contributed by atoms with Crippen LogP contribution in [0.25, 0.3) is 0 Å². The van der Waals surface area contributed by atoms with Crippen molar-refractivity contribution in [1.82, 2.24) is 4.90 Å². The molecule has 0 fully saturated rings. The minimum Gasteiger partial charge on any atom is -0.495 e. The number of carbonyl (C=O) groups excluding carboxylic acids is 3. The third-order valence-electron chi connectivity index (χ3n) is 4.29. The summed E-state index contributed by atoms with van der Waals surface area (Å²) in [5, 5.41) is 6.35. The number of anilines is 2. The molecule has 0 radical (unpaired) electrons. The molecule has 8 nitrogen and oxygen atoms in total. The Kier molecular flexibility index (Phi) is 8.22. The van der Waals surface area contributed by atoms with E-state index < -0.39 is 5.97 Å². The molecule has 0 aliphatic carbocycles. The van der Waals surface area contributed by atoms with E-state index >= 15 is 0 Å². The maximum Gasteiger partial charge on any atom is 0.341 e. The van der Waals surface area contributed by atoms with Crippen molar-refractivity contribution in [2.24, 2.45) is 0 Å². The lowest BCUT2D eigenvalue weighted by Gasteiger charge is -2.17. The zero-order valence-corrected chi connectivity index (χ0v) is 19.0. The first-order valence-corrected chi connectivity index (χ1v) is 10.2. The van der Waals surface area contributed by atoms with E-state index in [1.807, 2.05) is 6.92 Å². The number of halogens is 1. The van der Waals surface area contributed by atoms with Crippen LogP contribution in [0, 0.1) is 13.8 Å². The van der Waals surface area contributed by atoms with E-state index in [0.29, 0.717) is 27.0 Å². The normalized spacial score (nSPS) is 10.6. The number of likely N-dealkylation sites (N-methyl/N-ethyl adjacent to an activating group) is 1. The topological polar surface area (TPSA) is 97.0 Å². The van der Waals surface area contributed by atoms with E-state index in [9.17, 15) is 14.4 Å². The van der Waals surface area contributed by atoms with Gasteiger partial charge in [0.05, 0.1) is 38.6 Å². The highest BCUT2D eigenvalue weighted by atomic mass is 35.5. The van der Waals surface area contributed by atoms with Gasteiger partial charge >= 0.3 is 5.97 Å². The quantitative estimate of drug-likeness (QED) is 0.595. The van der Waals surface area contributed by atoms with Crippen molar-refractivity contribution in [1.29, 1.82) is 0 Å². The number of rotatable bonds is 8. The molecule has 0 aliphatic rings. The van der Waals surface area contributed by atoms with Gasteiger partial charge < -0.3 is 20.1 Å². The lowest BCUT2D eigenvalue weighted by atomic mass is 10.1. The summed E-state index contributed by atoms with van der Waals surface area (Å²) in [5.41, 5.74) is 1.56. The molecule has 0 aliphatic heterocycles. The summed E-state index contributed by atoms with van der Waals surface area (Å²) in [4.78, 5) is 39.2. The molecule has 1 aromatic heterocycles. The zero-order valence-electron chi connectivity index (χ0n) is 17.4. The van der Waals surface area contributed by atoms with E-state index in [2.05, 4.69) is 10.6 Å². The summed E-state index contributed by atoms with van der Waals surface area (Å²) in [6, 6.07) is 4.89. The van der Waals surface area contributed by atoms with Crippen LogP contribution in [0.15, 0.2) is 18.2 Å². The molecule has 30 heavy (non-hydrogen) atoms. The van der Waals surface area contributed by atoms with E-state index in [1.54, 1.807) is 37.1 Å². The summed E-state index contributed by atoms with van der Waals surface area (Å²) in [6.07, 6.45) is 0. The number of benzene rings is 1. The number of amides is 2. The van der Waals surface area contributed by atoms with Gasteiger partial charge in [0.2, 0.25) is 11.8 Å². The Labute approximate surface area is 184 Å². The molecule has 2 rings (SSSR count). The number of nitrogens with one attached hydrogen (secondary N) is 2. The number of hydrogen-bond donors (Lipinski definition) is 2. The summed E-state index contributed by atoms with van der Waals surface area (Å²) < 4.78 is 10.0. The summed E-state index contributed by atoms with van der Waals surface area (Å²) in [7, 11) is 4.42. The van der Waals surface area contributed by atoms with Gasteiger partial charge in [-0.3, -0.25) is 14.5 Å². The van der Waals surface area contributed by atoms with Gasteiger partial charge in [-0.1, -0.05) is 11.6 Å². The van der Waals surface area contributed by atoms with Gasteiger partial charge in [0.25, 0.3) is 0 Å². The molecule has 0 spiro atoms. The molecule has 0 atom stereocenters. The highest BCUT2D eigenvalue weighted by molar-refractivity contribution is 7.16. The van der Waals surface area contributed by atoms with Gasteiger partial charge in [-0.05, 0) is 44.7 Å². The number of esters is 1. The van der Waals surface area contributed by atoms with Crippen molar-refractivity contribution in [3.05, 3.63) is 39.2 Å². The van der Waals surface area contributed by atoms with Crippen molar-refractivity contribution in [2.75, 3.05) is 45.0 Å². The number of thiophene rings is 1. The Balaban J connectivity index is 1.97. The fraction of sp³-hybridized carbons (Fsp3) is 0.350. The predicted octanol–water partition coefficient (Wildman–Crippen LogP) is 3.32. The largest absolute Gasteiger partial charge is 0.495 e. The highest BCUT2D eigenvalue weighted by Crippen LogP contribution is 2.33. The van der Waals surface area contributed by atoms with Gasteiger partial charge in [-0.2, -0.15) is 0 Å². The molecule has 162 valence electrons. The number of carbonyl (C=O) groups is 3. The van der Waals surface area contributed by atoms with E-state index in [0.717, 1.165) is 10.4 Å². The first kappa shape index (κ1) is 23.7. The molecular weight excluding hydrogens is 430 g/mol. The lowest BCUT2D eigenvalue weighted by molar-refractivity contribution is -0.119. The SMILES string of the molecule is COC(=O)c1c(NC(=O)CN(C)CC(=O)Nc2cc(Cl)ccc2OC)sc(C)c1C. The molecule has 2 N–H and O–H groups in total. The minimum absolute atomic E-state index is 0.0323. The number of ether oxygens (including phenoxy) is 2. The molecule has 0 unspecified atom stereocenters. The second-order valence-corrected chi connectivity index (χ2v) is 8.25. The Morgan fingerprint density at radius 3 is 2.33 bits per heavy atom. The third-order valence-corrected chi connectivity index (χ3v) is 5.65. The van der Waals surface area contributed by atoms with Crippen LogP contribution >= 0.6 is 22.9 Å². The maximum absolute atomic E-state index is 12.4. The fourth-order valence-electron chi connectivity index (χ4n) is 2.74. The monoisotopic (exact) mass is 453 g/mol. The van der Waals surface area contributed by atoms with Gasteiger partial charge in [-0.15, -0.1) is 11.3 Å². The van der Waals surface area contributed by atoms with Gasteiger partial charge in [-0.25, -0.2) is 4.79 Å². The van der Waals surface area contributed by atoms with E-state index in [4.69, 9.17) is 21.1 Å². The third kappa shape index (κ3) is 5.94. The summed E-state index contributed by atoms with van der Waals surface area (Å²) >= 11 is 7.27. The average Bonchev–Trinajstić information content (AvgIpc) is 2.94. The van der Waals surface area contributed by atoms with Crippen LogP contribution in [-0.4, -0.2) is 57.0 Å². The second-order valence-electron chi connectivity index (χ2n) is 6.59. The number of nitrogens with zero attached hydrogens (tertiary/aromatic N) is 1. The van der Waals surface area contributed by atoms with Crippen LogP contribution in [0.2, 0.25) is 5.02 Å². The molecule has 1 heterocycles. The predicted molar refractivity (Wildman–Crippen MR) is 118 cm³/mol.